The molecule has 3 rings (SSSR count). The van der Waals surface area contributed by atoms with Crippen LogP contribution in [0, 0.1) is 0 Å². The van der Waals surface area contributed by atoms with Gasteiger partial charge in [-0.2, -0.15) is 0 Å². The zero-order chi connectivity index (χ0) is 16.9. The van der Waals surface area contributed by atoms with Crippen molar-refractivity contribution in [1.82, 2.24) is 9.80 Å². The summed E-state index contributed by atoms with van der Waals surface area (Å²) in [6, 6.07) is 9.26. The van der Waals surface area contributed by atoms with Gasteiger partial charge in [0.1, 0.15) is 6.10 Å². The summed E-state index contributed by atoms with van der Waals surface area (Å²) >= 11 is 0. The van der Waals surface area contributed by atoms with Gasteiger partial charge in [-0.15, -0.1) is 0 Å². The van der Waals surface area contributed by atoms with Crippen molar-refractivity contribution in [3.8, 4) is 0 Å². The van der Waals surface area contributed by atoms with Gasteiger partial charge in [0, 0.05) is 38.5 Å². The molecule has 2 fully saturated rings. The van der Waals surface area contributed by atoms with Gasteiger partial charge in [-0.05, 0) is 31.9 Å². The Morgan fingerprint density at radius 1 is 1.17 bits per heavy atom. The highest BCUT2D eigenvalue weighted by Gasteiger charge is 2.32. The largest absolute Gasteiger partial charge is 0.368 e. The van der Waals surface area contributed by atoms with Crippen molar-refractivity contribution >= 4 is 17.5 Å². The Balaban J connectivity index is 1.48. The quantitative estimate of drug-likeness (QED) is 0.904. The molecule has 0 saturated carbocycles. The minimum atomic E-state index is -0.254. The molecule has 0 aliphatic carbocycles. The Bertz CT molecular complexity index is 564. The highest BCUT2D eigenvalue weighted by atomic mass is 16.5. The van der Waals surface area contributed by atoms with E-state index in [1.165, 1.54) is 0 Å². The first-order valence-corrected chi connectivity index (χ1v) is 8.65. The maximum atomic E-state index is 12.4. The third-order valence-corrected chi connectivity index (χ3v) is 4.80. The molecule has 2 aliphatic rings. The lowest BCUT2D eigenvalue weighted by Crippen LogP contribution is -2.55. The molecule has 6 nitrogen and oxygen atoms in total. The van der Waals surface area contributed by atoms with Crippen LogP contribution in [0.5, 0.6) is 0 Å². The Morgan fingerprint density at radius 2 is 1.88 bits per heavy atom. The van der Waals surface area contributed by atoms with E-state index in [-0.39, 0.29) is 24.0 Å². The molecule has 1 aromatic rings. The number of ether oxygens (including phenoxy) is 1. The number of hydrogen-bond donors (Lipinski definition) is 1. The molecule has 24 heavy (non-hydrogen) atoms. The van der Waals surface area contributed by atoms with Crippen LogP contribution in [0.25, 0.3) is 0 Å². The lowest BCUT2D eigenvalue weighted by atomic mass is 10.1. The third-order valence-electron chi connectivity index (χ3n) is 4.80. The van der Waals surface area contributed by atoms with Crippen LogP contribution in [0.15, 0.2) is 30.3 Å². The van der Waals surface area contributed by atoms with Crippen molar-refractivity contribution in [2.45, 2.75) is 31.9 Å². The number of amides is 2. The molecule has 2 aliphatic heterocycles. The molecule has 0 radical (unpaired) electrons. The molecule has 0 aromatic heterocycles. The molecular weight excluding hydrogens is 306 g/mol. The summed E-state index contributed by atoms with van der Waals surface area (Å²) in [6.07, 6.45) is 1.54. The number of anilines is 1. The molecule has 2 atom stereocenters. The smallest absolute Gasteiger partial charge is 0.251 e. The third kappa shape index (κ3) is 3.94. The van der Waals surface area contributed by atoms with E-state index in [1.54, 1.807) is 0 Å². The normalized spacial score (nSPS) is 23.0. The summed E-state index contributed by atoms with van der Waals surface area (Å²) in [7, 11) is 0. The van der Waals surface area contributed by atoms with Crippen molar-refractivity contribution in [2.75, 3.05) is 38.1 Å². The number of carbonyl (C=O) groups is 2. The van der Waals surface area contributed by atoms with E-state index >= 15 is 0 Å². The molecular formula is C18H25N3O3. The van der Waals surface area contributed by atoms with E-state index in [1.807, 2.05) is 42.2 Å². The number of hydrogen-bond acceptors (Lipinski definition) is 4. The van der Waals surface area contributed by atoms with Crippen LogP contribution >= 0.6 is 0 Å². The Labute approximate surface area is 142 Å². The van der Waals surface area contributed by atoms with Gasteiger partial charge in [0.2, 0.25) is 5.91 Å². The van der Waals surface area contributed by atoms with Gasteiger partial charge in [-0.3, -0.25) is 14.5 Å². The number of rotatable bonds is 4. The summed E-state index contributed by atoms with van der Waals surface area (Å²) in [5.74, 6) is 0.0913. The second-order valence-corrected chi connectivity index (χ2v) is 6.39. The Kier molecular flexibility index (Phi) is 5.48. The fourth-order valence-corrected chi connectivity index (χ4v) is 3.24. The first kappa shape index (κ1) is 16.9. The molecule has 1 N–H and O–H groups in total. The van der Waals surface area contributed by atoms with E-state index < -0.39 is 0 Å². The van der Waals surface area contributed by atoms with Crippen molar-refractivity contribution in [2.24, 2.45) is 0 Å². The van der Waals surface area contributed by atoms with Gasteiger partial charge in [0.25, 0.3) is 5.91 Å². The molecule has 0 spiro atoms. The van der Waals surface area contributed by atoms with Gasteiger partial charge >= 0.3 is 0 Å². The van der Waals surface area contributed by atoms with E-state index in [0.717, 1.165) is 18.5 Å². The van der Waals surface area contributed by atoms with Crippen LogP contribution in [-0.4, -0.2) is 66.5 Å². The fraction of sp³-hybridized carbons (Fsp3) is 0.556. The maximum absolute atomic E-state index is 12.4. The molecule has 2 unspecified atom stereocenters. The number of nitrogens with one attached hydrogen (secondary N) is 1. The number of para-hydroxylation sites is 1. The summed E-state index contributed by atoms with van der Waals surface area (Å²) in [6.45, 7) is 5.33. The minimum absolute atomic E-state index is 0.0138. The van der Waals surface area contributed by atoms with Gasteiger partial charge < -0.3 is 15.0 Å². The van der Waals surface area contributed by atoms with Gasteiger partial charge in [0.05, 0.1) is 6.04 Å². The first-order valence-electron chi connectivity index (χ1n) is 8.65. The maximum Gasteiger partial charge on any atom is 0.251 e. The van der Waals surface area contributed by atoms with Gasteiger partial charge in [-0.25, -0.2) is 0 Å². The van der Waals surface area contributed by atoms with Gasteiger partial charge in [0.15, 0.2) is 0 Å². The van der Waals surface area contributed by atoms with Gasteiger partial charge in [-0.1, -0.05) is 18.2 Å². The Morgan fingerprint density at radius 3 is 2.50 bits per heavy atom. The lowest BCUT2D eigenvalue weighted by molar-refractivity contribution is -0.143. The standard InChI is InChI=1S/C18H25N3O3/c1-14(17(22)19-15-6-3-2-4-7-15)20-9-11-21(12-10-20)18(23)16-8-5-13-24-16/h2-4,6-7,14,16H,5,8-13H2,1H3,(H,19,22). The number of nitrogens with zero attached hydrogens (tertiary/aromatic N) is 2. The second-order valence-electron chi connectivity index (χ2n) is 6.39. The van der Waals surface area contributed by atoms with Crippen LogP contribution in [0.3, 0.4) is 0 Å². The summed E-state index contributed by atoms with van der Waals surface area (Å²) in [5, 5.41) is 2.94. The number of piperazine rings is 1. The average molecular weight is 331 g/mol. The van der Waals surface area contributed by atoms with Crippen molar-refractivity contribution in [1.29, 1.82) is 0 Å². The van der Waals surface area contributed by atoms with Crippen LogP contribution in [0.4, 0.5) is 5.69 Å². The van der Waals surface area contributed by atoms with Crippen LogP contribution in [-0.2, 0) is 14.3 Å². The zero-order valence-electron chi connectivity index (χ0n) is 14.1. The van der Waals surface area contributed by atoms with Crippen LogP contribution in [0.1, 0.15) is 19.8 Å². The van der Waals surface area contributed by atoms with E-state index in [9.17, 15) is 9.59 Å². The Hall–Kier alpha value is -1.92. The summed E-state index contributed by atoms with van der Waals surface area (Å²) < 4.78 is 5.48. The van der Waals surface area contributed by atoms with Crippen molar-refractivity contribution in [3.63, 3.8) is 0 Å². The van der Waals surface area contributed by atoms with E-state index in [0.29, 0.717) is 32.8 Å². The molecule has 2 heterocycles. The predicted molar refractivity (Wildman–Crippen MR) is 91.7 cm³/mol. The highest BCUT2D eigenvalue weighted by molar-refractivity contribution is 5.94. The van der Waals surface area contributed by atoms with E-state index in [4.69, 9.17) is 4.74 Å². The fourth-order valence-electron chi connectivity index (χ4n) is 3.24. The van der Waals surface area contributed by atoms with Crippen LogP contribution in [0.2, 0.25) is 0 Å². The minimum Gasteiger partial charge on any atom is -0.368 e. The molecule has 0 bridgehead atoms. The van der Waals surface area contributed by atoms with E-state index in [2.05, 4.69) is 10.2 Å². The van der Waals surface area contributed by atoms with Crippen molar-refractivity contribution in [3.05, 3.63) is 30.3 Å². The number of benzene rings is 1. The monoisotopic (exact) mass is 331 g/mol. The SMILES string of the molecule is CC(C(=O)Nc1ccccc1)N1CCN(C(=O)C2CCCO2)CC1. The zero-order valence-corrected chi connectivity index (χ0v) is 14.1. The first-order chi connectivity index (χ1) is 11.6. The molecule has 2 saturated heterocycles. The topological polar surface area (TPSA) is 61.9 Å². The lowest BCUT2D eigenvalue weighted by Gasteiger charge is -2.38. The molecule has 6 heteroatoms. The van der Waals surface area contributed by atoms with Crippen LogP contribution < -0.4 is 5.32 Å². The summed E-state index contributed by atoms with van der Waals surface area (Å²) in [5.41, 5.74) is 0.807. The molecule has 2 amide bonds. The molecule has 1 aromatic carbocycles. The second kappa shape index (κ2) is 7.77. The predicted octanol–water partition coefficient (Wildman–Crippen LogP) is 1.34. The average Bonchev–Trinajstić information content (AvgIpc) is 3.16. The molecule has 130 valence electrons. The number of carbonyl (C=O) groups excluding carboxylic acids is 2. The van der Waals surface area contributed by atoms with Crippen molar-refractivity contribution < 1.29 is 14.3 Å². The summed E-state index contributed by atoms with van der Waals surface area (Å²) in [4.78, 5) is 28.7. The highest BCUT2D eigenvalue weighted by Crippen LogP contribution is 2.17.